The largest absolute Gasteiger partial charge is 0.491 e. The highest BCUT2D eigenvalue weighted by molar-refractivity contribution is 6.61. The molecule has 3 rings (SSSR count). The van der Waals surface area contributed by atoms with Crippen molar-refractivity contribution >= 4 is 24.2 Å². The van der Waals surface area contributed by atoms with E-state index in [9.17, 15) is 23.0 Å². The lowest BCUT2D eigenvalue weighted by atomic mass is 9.73. The summed E-state index contributed by atoms with van der Waals surface area (Å²) >= 11 is 0. The van der Waals surface area contributed by atoms with E-state index in [-0.39, 0.29) is 5.56 Å². The van der Waals surface area contributed by atoms with Crippen molar-refractivity contribution in [2.75, 3.05) is 11.9 Å². The Bertz CT molecular complexity index is 783. The average Bonchev–Trinajstić information content (AvgIpc) is 2.55. The normalized spacial score (nSPS) is 14.2. The van der Waals surface area contributed by atoms with E-state index in [1.165, 1.54) is 6.07 Å². The second-order valence-electron chi connectivity index (χ2n) is 5.30. The van der Waals surface area contributed by atoms with E-state index in [2.05, 4.69) is 10.3 Å². The second kappa shape index (κ2) is 6.25. The molecule has 2 aromatic rings. The molecule has 124 valence electrons. The summed E-state index contributed by atoms with van der Waals surface area (Å²) < 4.78 is 43.1. The van der Waals surface area contributed by atoms with Crippen LogP contribution in [0.4, 0.5) is 18.9 Å². The Hall–Kier alpha value is -2.39. The van der Waals surface area contributed by atoms with E-state index in [4.69, 9.17) is 4.65 Å². The number of carbonyl (C=O) groups excluding carboxylic acids is 1. The van der Waals surface area contributed by atoms with Crippen LogP contribution in [0.2, 0.25) is 0 Å². The number of rotatable bonds is 2. The van der Waals surface area contributed by atoms with Crippen molar-refractivity contribution in [3.8, 4) is 0 Å². The summed E-state index contributed by atoms with van der Waals surface area (Å²) in [7, 11) is -1.08. The predicted molar refractivity (Wildman–Crippen MR) is 80.9 cm³/mol. The van der Waals surface area contributed by atoms with Gasteiger partial charge in [-0.05, 0) is 35.6 Å². The SMILES string of the molecule is O=C(Nc1ccc2c(c1)B(O)OCC2)c1cncc(C(F)(F)F)c1. The van der Waals surface area contributed by atoms with Gasteiger partial charge in [0.15, 0.2) is 0 Å². The zero-order valence-corrected chi connectivity index (χ0v) is 12.3. The molecule has 0 atom stereocenters. The summed E-state index contributed by atoms with van der Waals surface area (Å²) in [5.41, 5.74) is 0.568. The Kier molecular flexibility index (Phi) is 4.29. The molecule has 1 aliphatic rings. The maximum absolute atomic E-state index is 12.7. The quantitative estimate of drug-likeness (QED) is 0.818. The summed E-state index contributed by atoms with van der Waals surface area (Å²) in [6.45, 7) is 0.399. The molecule has 1 aliphatic heterocycles. The number of hydrogen-bond acceptors (Lipinski definition) is 4. The zero-order chi connectivity index (χ0) is 17.3. The maximum atomic E-state index is 12.7. The van der Waals surface area contributed by atoms with Crippen molar-refractivity contribution in [2.24, 2.45) is 0 Å². The summed E-state index contributed by atoms with van der Waals surface area (Å²) in [5, 5.41) is 12.3. The number of nitrogens with zero attached hydrogens (tertiary/aromatic N) is 1. The molecular weight excluding hydrogens is 324 g/mol. The molecule has 9 heteroatoms. The van der Waals surface area contributed by atoms with E-state index >= 15 is 0 Å². The lowest BCUT2D eigenvalue weighted by Crippen LogP contribution is -2.41. The van der Waals surface area contributed by atoms with E-state index in [1.54, 1.807) is 12.1 Å². The molecule has 24 heavy (non-hydrogen) atoms. The first-order valence-corrected chi connectivity index (χ1v) is 7.11. The molecule has 2 N–H and O–H groups in total. The van der Waals surface area contributed by atoms with Crippen LogP contribution >= 0.6 is 0 Å². The molecule has 2 heterocycles. The van der Waals surface area contributed by atoms with Crippen LogP contribution in [0.15, 0.2) is 36.7 Å². The van der Waals surface area contributed by atoms with Crippen LogP contribution in [0.25, 0.3) is 0 Å². The molecule has 0 saturated carbocycles. The van der Waals surface area contributed by atoms with E-state index in [1.807, 2.05) is 0 Å². The van der Waals surface area contributed by atoms with Crippen LogP contribution in [0.3, 0.4) is 0 Å². The van der Waals surface area contributed by atoms with Gasteiger partial charge in [0.1, 0.15) is 0 Å². The molecule has 0 unspecified atom stereocenters. The van der Waals surface area contributed by atoms with Crippen LogP contribution in [-0.4, -0.2) is 29.6 Å². The fourth-order valence-electron chi connectivity index (χ4n) is 2.42. The molecule has 5 nitrogen and oxygen atoms in total. The highest BCUT2D eigenvalue weighted by Gasteiger charge is 2.31. The Morgan fingerprint density at radius 2 is 2.08 bits per heavy atom. The van der Waals surface area contributed by atoms with Gasteiger partial charge in [0.2, 0.25) is 0 Å². The topological polar surface area (TPSA) is 71.5 Å². The van der Waals surface area contributed by atoms with Crippen LogP contribution in [0.5, 0.6) is 0 Å². The minimum absolute atomic E-state index is 0.209. The Balaban J connectivity index is 1.82. The number of alkyl halides is 3. The lowest BCUT2D eigenvalue weighted by molar-refractivity contribution is -0.137. The molecule has 0 saturated heterocycles. The van der Waals surface area contributed by atoms with Crippen molar-refractivity contribution in [3.05, 3.63) is 53.3 Å². The molecule has 0 aliphatic carbocycles. The van der Waals surface area contributed by atoms with Gasteiger partial charge in [-0.1, -0.05) is 6.07 Å². The molecule has 0 bridgehead atoms. The number of pyridine rings is 1. The standard InChI is InChI=1S/C15H12BF3N2O3/c17-15(18,19)11-5-10(7-20-8-11)14(22)21-12-2-1-9-3-4-24-16(23)13(9)6-12/h1-2,5-8,23H,3-4H2,(H,21,22). The van der Waals surface area contributed by atoms with Gasteiger partial charge in [0.05, 0.1) is 11.1 Å². The summed E-state index contributed by atoms with van der Waals surface area (Å²) in [4.78, 5) is 15.6. The van der Waals surface area contributed by atoms with Crippen molar-refractivity contribution < 1.29 is 27.6 Å². The third-order valence-corrected chi connectivity index (χ3v) is 3.64. The molecule has 1 aromatic carbocycles. The third-order valence-electron chi connectivity index (χ3n) is 3.64. The maximum Gasteiger partial charge on any atom is 0.491 e. The van der Waals surface area contributed by atoms with Gasteiger partial charge in [-0.2, -0.15) is 13.2 Å². The van der Waals surface area contributed by atoms with Gasteiger partial charge in [0, 0.05) is 24.7 Å². The van der Waals surface area contributed by atoms with Crippen LogP contribution in [-0.2, 0) is 17.3 Å². The van der Waals surface area contributed by atoms with Crippen LogP contribution in [0, 0.1) is 0 Å². The van der Waals surface area contributed by atoms with E-state index in [0.29, 0.717) is 30.4 Å². The smallest absolute Gasteiger partial charge is 0.423 e. The third kappa shape index (κ3) is 3.41. The molecule has 0 fully saturated rings. The number of aromatic nitrogens is 1. The summed E-state index contributed by atoms with van der Waals surface area (Å²) in [6, 6.07) is 5.63. The highest BCUT2D eigenvalue weighted by atomic mass is 19.4. The second-order valence-corrected chi connectivity index (χ2v) is 5.30. The van der Waals surface area contributed by atoms with Gasteiger partial charge in [-0.15, -0.1) is 0 Å². The molecular formula is C15H12BF3N2O3. The average molecular weight is 336 g/mol. The number of anilines is 1. The van der Waals surface area contributed by atoms with Crippen LogP contribution < -0.4 is 10.8 Å². The molecule has 0 radical (unpaired) electrons. The van der Waals surface area contributed by atoms with Crippen molar-refractivity contribution in [1.29, 1.82) is 0 Å². The fourth-order valence-corrected chi connectivity index (χ4v) is 2.42. The fraction of sp³-hybridized carbons (Fsp3) is 0.200. The Morgan fingerprint density at radius 1 is 1.29 bits per heavy atom. The summed E-state index contributed by atoms with van der Waals surface area (Å²) in [5.74, 6) is -0.722. The molecule has 1 amide bonds. The van der Waals surface area contributed by atoms with E-state index in [0.717, 1.165) is 17.8 Å². The number of benzene rings is 1. The molecule has 0 spiro atoms. The van der Waals surface area contributed by atoms with Crippen molar-refractivity contribution in [1.82, 2.24) is 4.98 Å². The minimum Gasteiger partial charge on any atom is -0.423 e. The lowest BCUT2D eigenvalue weighted by Gasteiger charge is -2.19. The number of nitrogens with one attached hydrogen (secondary N) is 1. The Morgan fingerprint density at radius 3 is 2.83 bits per heavy atom. The van der Waals surface area contributed by atoms with E-state index < -0.39 is 24.8 Å². The van der Waals surface area contributed by atoms with Gasteiger partial charge < -0.3 is 15.0 Å². The van der Waals surface area contributed by atoms with Gasteiger partial charge in [-0.3, -0.25) is 9.78 Å². The number of halogens is 3. The van der Waals surface area contributed by atoms with Crippen LogP contribution in [0.1, 0.15) is 21.5 Å². The summed E-state index contributed by atoms with van der Waals surface area (Å²) in [6.07, 6.45) is -2.22. The number of fused-ring (bicyclic) bond motifs is 1. The van der Waals surface area contributed by atoms with Crippen molar-refractivity contribution in [3.63, 3.8) is 0 Å². The zero-order valence-electron chi connectivity index (χ0n) is 12.3. The van der Waals surface area contributed by atoms with Gasteiger partial charge in [-0.25, -0.2) is 0 Å². The first kappa shape index (κ1) is 16.5. The monoisotopic (exact) mass is 336 g/mol. The number of carbonyl (C=O) groups is 1. The Labute approximate surface area is 135 Å². The first-order valence-electron chi connectivity index (χ1n) is 7.11. The van der Waals surface area contributed by atoms with Gasteiger partial charge in [0.25, 0.3) is 5.91 Å². The molecule has 1 aromatic heterocycles. The van der Waals surface area contributed by atoms with Crippen molar-refractivity contribution in [2.45, 2.75) is 12.6 Å². The number of amides is 1. The number of hydrogen-bond donors (Lipinski definition) is 2. The first-order chi connectivity index (χ1) is 11.3. The predicted octanol–water partition coefficient (Wildman–Crippen LogP) is 1.61. The highest BCUT2D eigenvalue weighted by Crippen LogP contribution is 2.29. The van der Waals surface area contributed by atoms with Gasteiger partial charge >= 0.3 is 13.3 Å². The minimum atomic E-state index is -4.57.